The third-order valence-electron chi connectivity index (χ3n) is 1.88. The lowest BCUT2D eigenvalue weighted by Crippen LogP contribution is -2.03. The molecule has 0 saturated heterocycles. The molecule has 0 fully saturated rings. The quantitative estimate of drug-likeness (QED) is 0.701. The molecule has 0 radical (unpaired) electrons. The summed E-state index contributed by atoms with van der Waals surface area (Å²) in [4.78, 5) is 0.548. The Morgan fingerprint density at radius 3 is 2.93 bits per heavy atom. The summed E-state index contributed by atoms with van der Waals surface area (Å²) in [5.74, 6) is 0.175. The first kappa shape index (κ1) is 12.3. The molecule has 0 bridgehead atoms. The molecule has 84 valence electrons. The first-order chi connectivity index (χ1) is 7.24. The molecule has 0 aromatic heterocycles. The van der Waals surface area contributed by atoms with Crippen LogP contribution in [0.3, 0.4) is 0 Å². The van der Waals surface area contributed by atoms with Gasteiger partial charge in [0, 0.05) is 23.9 Å². The van der Waals surface area contributed by atoms with Gasteiger partial charge in [-0.25, -0.2) is 4.39 Å². The van der Waals surface area contributed by atoms with Crippen LogP contribution < -0.4 is 0 Å². The first-order valence-electron chi connectivity index (χ1n) is 4.95. The minimum atomic E-state index is -1.12. The van der Waals surface area contributed by atoms with Crippen LogP contribution in [0.15, 0.2) is 29.2 Å². The average Bonchev–Trinajstić information content (AvgIpc) is 2.24. The van der Waals surface area contributed by atoms with E-state index in [1.165, 1.54) is 12.1 Å². The van der Waals surface area contributed by atoms with Crippen LogP contribution in [0.4, 0.5) is 4.39 Å². The number of halogens is 1. The summed E-state index contributed by atoms with van der Waals surface area (Å²) in [6.45, 7) is 3.20. The van der Waals surface area contributed by atoms with E-state index in [-0.39, 0.29) is 5.82 Å². The standard InChI is InChI=1S/C11H15FO2S/c1-2-14-7-4-8-15(13)11-6-3-5-10(12)9-11/h3,5-6,9H,2,4,7-8H2,1H3. The van der Waals surface area contributed by atoms with Gasteiger partial charge in [-0.3, -0.25) is 4.21 Å². The number of rotatable bonds is 6. The van der Waals surface area contributed by atoms with Gasteiger partial charge in [0.25, 0.3) is 0 Å². The lowest BCUT2D eigenvalue weighted by atomic mass is 10.4. The van der Waals surface area contributed by atoms with E-state index in [9.17, 15) is 8.60 Å². The molecule has 0 saturated carbocycles. The highest BCUT2D eigenvalue weighted by molar-refractivity contribution is 7.85. The monoisotopic (exact) mass is 230 g/mol. The highest BCUT2D eigenvalue weighted by Crippen LogP contribution is 2.09. The van der Waals surface area contributed by atoms with Gasteiger partial charge >= 0.3 is 0 Å². The van der Waals surface area contributed by atoms with Gasteiger partial charge in [-0.05, 0) is 31.5 Å². The van der Waals surface area contributed by atoms with Crippen LogP contribution in [0.2, 0.25) is 0 Å². The summed E-state index contributed by atoms with van der Waals surface area (Å²) in [6.07, 6.45) is 0.733. The maximum absolute atomic E-state index is 12.8. The maximum Gasteiger partial charge on any atom is 0.124 e. The van der Waals surface area contributed by atoms with E-state index in [0.717, 1.165) is 6.42 Å². The second-order valence-electron chi connectivity index (χ2n) is 3.06. The second kappa shape index (κ2) is 6.69. The minimum Gasteiger partial charge on any atom is -0.382 e. The van der Waals surface area contributed by atoms with E-state index < -0.39 is 10.8 Å². The Labute approximate surface area is 91.9 Å². The summed E-state index contributed by atoms with van der Waals surface area (Å²) < 4.78 is 29.6. The largest absolute Gasteiger partial charge is 0.382 e. The highest BCUT2D eigenvalue weighted by atomic mass is 32.2. The molecule has 4 heteroatoms. The fourth-order valence-electron chi connectivity index (χ4n) is 1.16. The zero-order valence-electron chi connectivity index (χ0n) is 8.74. The molecule has 0 aliphatic rings. The van der Waals surface area contributed by atoms with Crippen LogP contribution in [-0.4, -0.2) is 23.2 Å². The second-order valence-corrected chi connectivity index (χ2v) is 4.63. The molecule has 1 unspecified atom stereocenters. The van der Waals surface area contributed by atoms with Crippen molar-refractivity contribution in [1.82, 2.24) is 0 Å². The Kier molecular flexibility index (Phi) is 5.50. The van der Waals surface area contributed by atoms with E-state index >= 15 is 0 Å². The molecule has 0 aliphatic carbocycles. The van der Waals surface area contributed by atoms with Crippen molar-refractivity contribution in [2.24, 2.45) is 0 Å². The third kappa shape index (κ3) is 4.53. The Balaban J connectivity index is 2.40. The van der Waals surface area contributed by atoms with E-state index in [0.29, 0.717) is 23.9 Å². The molecule has 15 heavy (non-hydrogen) atoms. The number of benzene rings is 1. The van der Waals surface area contributed by atoms with Crippen molar-refractivity contribution in [3.05, 3.63) is 30.1 Å². The zero-order chi connectivity index (χ0) is 11.1. The molecular weight excluding hydrogens is 215 g/mol. The smallest absolute Gasteiger partial charge is 0.124 e. The summed E-state index contributed by atoms with van der Waals surface area (Å²) in [6, 6.07) is 5.92. The molecule has 1 aromatic rings. The molecule has 0 amide bonds. The molecule has 1 rings (SSSR count). The molecular formula is C11H15FO2S. The summed E-state index contributed by atoms with van der Waals surface area (Å²) in [5.41, 5.74) is 0. The molecule has 0 heterocycles. The number of hydrogen-bond acceptors (Lipinski definition) is 2. The van der Waals surface area contributed by atoms with Crippen molar-refractivity contribution in [2.75, 3.05) is 19.0 Å². The van der Waals surface area contributed by atoms with Crippen LogP contribution >= 0.6 is 0 Å². The van der Waals surface area contributed by atoms with Crippen LogP contribution in [0.5, 0.6) is 0 Å². The zero-order valence-corrected chi connectivity index (χ0v) is 9.56. The lowest BCUT2D eigenvalue weighted by molar-refractivity contribution is 0.149. The Hall–Kier alpha value is -0.740. The van der Waals surface area contributed by atoms with Crippen molar-refractivity contribution in [2.45, 2.75) is 18.2 Å². The van der Waals surface area contributed by atoms with Crippen molar-refractivity contribution in [3.63, 3.8) is 0 Å². The maximum atomic E-state index is 12.8. The van der Waals surface area contributed by atoms with Gasteiger partial charge < -0.3 is 4.74 Å². The first-order valence-corrected chi connectivity index (χ1v) is 6.27. The summed E-state index contributed by atoms with van der Waals surface area (Å²) in [7, 11) is -1.12. The topological polar surface area (TPSA) is 26.3 Å². The summed E-state index contributed by atoms with van der Waals surface area (Å²) in [5, 5.41) is 0. The predicted octanol–water partition coefficient (Wildman–Crippen LogP) is 2.36. The van der Waals surface area contributed by atoms with Crippen molar-refractivity contribution in [1.29, 1.82) is 0 Å². The van der Waals surface area contributed by atoms with Gasteiger partial charge in [0.05, 0.1) is 10.8 Å². The van der Waals surface area contributed by atoms with Gasteiger partial charge in [0.1, 0.15) is 5.82 Å². The van der Waals surface area contributed by atoms with Crippen LogP contribution in [0, 0.1) is 5.82 Å². The van der Waals surface area contributed by atoms with E-state index in [1.807, 2.05) is 6.92 Å². The lowest BCUT2D eigenvalue weighted by Gasteiger charge is -2.02. The highest BCUT2D eigenvalue weighted by Gasteiger charge is 2.04. The molecule has 1 aromatic carbocycles. The van der Waals surface area contributed by atoms with Crippen LogP contribution in [0.25, 0.3) is 0 Å². The van der Waals surface area contributed by atoms with Crippen LogP contribution in [-0.2, 0) is 15.5 Å². The Bertz CT molecular complexity index is 328. The van der Waals surface area contributed by atoms with Crippen molar-refractivity contribution < 1.29 is 13.3 Å². The fourth-order valence-corrected chi connectivity index (χ4v) is 2.25. The number of hydrogen-bond donors (Lipinski definition) is 0. The van der Waals surface area contributed by atoms with Crippen LogP contribution in [0.1, 0.15) is 13.3 Å². The van der Waals surface area contributed by atoms with Crippen molar-refractivity contribution in [3.8, 4) is 0 Å². The van der Waals surface area contributed by atoms with Gasteiger partial charge in [0.15, 0.2) is 0 Å². The van der Waals surface area contributed by atoms with Gasteiger partial charge in [-0.2, -0.15) is 0 Å². The van der Waals surface area contributed by atoms with Gasteiger partial charge in [0.2, 0.25) is 0 Å². The van der Waals surface area contributed by atoms with E-state index in [1.54, 1.807) is 12.1 Å². The third-order valence-corrected chi connectivity index (χ3v) is 3.32. The SMILES string of the molecule is CCOCCCS(=O)c1cccc(F)c1. The minimum absolute atomic E-state index is 0.342. The molecule has 2 nitrogen and oxygen atoms in total. The van der Waals surface area contributed by atoms with Crippen molar-refractivity contribution >= 4 is 10.8 Å². The van der Waals surface area contributed by atoms with Gasteiger partial charge in [-0.15, -0.1) is 0 Å². The number of ether oxygens (including phenoxy) is 1. The fraction of sp³-hybridized carbons (Fsp3) is 0.455. The molecule has 0 spiro atoms. The summed E-state index contributed by atoms with van der Waals surface area (Å²) >= 11 is 0. The van der Waals surface area contributed by atoms with E-state index in [4.69, 9.17) is 4.74 Å². The van der Waals surface area contributed by atoms with E-state index in [2.05, 4.69) is 0 Å². The molecule has 0 N–H and O–H groups in total. The predicted molar refractivity (Wildman–Crippen MR) is 58.8 cm³/mol. The Morgan fingerprint density at radius 2 is 2.27 bits per heavy atom. The normalized spacial score (nSPS) is 12.7. The Morgan fingerprint density at radius 1 is 1.47 bits per heavy atom. The molecule has 1 atom stereocenters. The molecule has 0 aliphatic heterocycles. The average molecular weight is 230 g/mol. The van der Waals surface area contributed by atoms with Gasteiger partial charge in [-0.1, -0.05) is 6.07 Å².